The normalized spacial score (nSPS) is 35.3. The Morgan fingerprint density at radius 2 is 2.44 bits per heavy atom. The van der Waals surface area contributed by atoms with E-state index < -0.39 is 0 Å². The minimum Gasteiger partial charge on any atom is -0.356 e. The Hall–Kier alpha value is -0.0800. The lowest BCUT2D eigenvalue weighted by molar-refractivity contribution is -0.110. The Bertz CT molecular complexity index is 73.0. The van der Waals surface area contributed by atoms with E-state index in [9.17, 15) is 0 Å². The Kier molecular flexibility index (Phi) is 2.49. The summed E-state index contributed by atoms with van der Waals surface area (Å²) in [6.07, 6.45) is 2.41. The van der Waals surface area contributed by atoms with Gasteiger partial charge in [0.25, 0.3) is 0 Å². The quantitative estimate of drug-likeness (QED) is 0.562. The number of ether oxygens (including phenoxy) is 2. The van der Waals surface area contributed by atoms with Crippen LogP contribution in [-0.4, -0.2) is 20.0 Å². The molecule has 1 aliphatic rings. The van der Waals surface area contributed by atoms with Crippen LogP contribution in [0.3, 0.4) is 0 Å². The third kappa shape index (κ3) is 1.43. The SMILES string of the molecule is CCC1CCOC1OC. The van der Waals surface area contributed by atoms with Crippen LogP contribution in [0.5, 0.6) is 0 Å². The second-order valence-corrected chi connectivity index (χ2v) is 2.43. The highest BCUT2D eigenvalue weighted by molar-refractivity contribution is 4.66. The molecule has 0 saturated carbocycles. The largest absolute Gasteiger partial charge is 0.356 e. The molecule has 0 spiro atoms. The summed E-state index contributed by atoms with van der Waals surface area (Å²) in [7, 11) is 1.71. The van der Waals surface area contributed by atoms with Crippen LogP contribution in [0.2, 0.25) is 0 Å². The molecular weight excluding hydrogens is 116 g/mol. The fourth-order valence-corrected chi connectivity index (χ4v) is 1.26. The Labute approximate surface area is 56.2 Å². The number of methoxy groups -OCH3 is 1. The molecule has 2 unspecified atom stereocenters. The number of hydrogen-bond acceptors (Lipinski definition) is 2. The average molecular weight is 130 g/mol. The van der Waals surface area contributed by atoms with Crippen molar-refractivity contribution in [1.29, 1.82) is 0 Å². The molecule has 2 atom stereocenters. The second-order valence-electron chi connectivity index (χ2n) is 2.43. The van der Waals surface area contributed by atoms with E-state index in [0.717, 1.165) is 13.0 Å². The van der Waals surface area contributed by atoms with Crippen LogP contribution in [0.25, 0.3) is 0 Å². The van der Waals surface area contributed by atoms with E-state index in [0.29, 0.717) is 5.92 Å². The zero-order chi connectivity index (χ0) is 6.69. The molecule has 0 aromatic rings. The summed E-state index contributed by atoms with van der Waals surface area (Å²) in [6, 6.07) is 0. The maximum Gasteiger partial charge on any atom is 0.160 e. The lowest BCUT2D eigenvalue weighted by Gasteiger charge is -2.13. The van der Waals surface area contributed by atoms with Gasteiger partial charge in [0.1, 0.15) is 0 Å². The topological polar surface area (TPSA) is 18.5 Å². The van der Waals surface area contributed by atoms with Crippen molar-refractivity contribution in [2.75, 3.05) is 13.7 Å². The lowest BCUT2D eigenvalue weighted by atomic mass is 10.1. The first kappa shape index (κ1) is 7.03. The summed E-state index contributed by atoms with van der Waals surface area (Å²) in [5.41, 5.74) is 0. The van der Waals surface area contributed by atoms with Gasteiger partial charge in [0.15, 0.2) is 6.29 Å². The van der Waals surface area contributed by atoms with Crippen LogP contribution in [-0.2, 0) is 9.47 Å². The molecule has 1 rings (SSSR count). The van der Waals surface area contributed by atoms with Crippen molar-refractivity contribution in [3.8, 4) is 0 Å². The molecule has 9 heavy (non-hydrogen) atoms. The smallest absolute Gasteiger partial charge is 0.160 e. The highest BCUT2D eigenvalue weighted by atomic mass is 16.7. The van der Waals surface area contributed by atoms with E-state index in [1.165, 1.54) is 6.42 Å². The molecule has 54 valence electrons. The van der Waals surface area contributed by atoms with E-state index in [-0.39, 0.29) is 6.29 Å². The minimum absolute atomic E-state index is 0.0787. The molecule has 0 bridgehead atoms. The molecule has 0 aromatic carbocycles. The van der Waals surface area contributed by atoms with Gasteiger partial charge in [-0.25, -0.2) is 0 Å². The van der Waals surface area contributed by atoms with Gasteiger partial charge in [-0.05, 0) is 12.8 Å². The highest BCUT2D eigenvalue weighted by Gasteiger charge is 2.25. The van der Waals surface area contributed by atoms with Crippen molar-refractivity contribution in [2.45, 2.75) is 26.1 Å². The third-order valence-electron chi connectivity index (χ3n) is 1.91. The van der Waals surface area contributed by atoms with E-state index in [1.807, 2.05) is 0 Å². The van der Waals surface area contributed by atoms with Gasteiger partial charge in [-0.2, -0.15) is 0 Å². The summed E-state index contributed by atoms with van der Waals surface area (Å²) < 4.78 is 10.4. The van der Waals surface area contributed by atoms with Gasteiger partial charge < -0.3 is 9.47 Å². The summed E-state index contributed by atoms with van der Waals surface area (Å²) in [5.74, 6) is 0.634. The molecule has 1 heterocycles. The Morgan fingerprint density at radius 3 is 2.89 bits per heavy atom. The maximum atomic E-state index is 5.28. The molecule has 1 fully saturated rings. The molecule has 0 aromatic heterocycles. The number of hydrogen-bond donors (Lipinski definition) is 0. The van der Waals surface area contributed by atoms with Crippen molar-refractivity contribution >= 4 is 0 Å². The molecule has 0 aliphatic carbocycles. The average Bonchev–Trinajstić information content (AvgIpc) is 2.33. The summed E-state index contributed by atoms with van der Waals surface area (Å²) >= 11 is 0. The van der Waals surface area contributed by atoms with Crippen molar-refractivity contribution in [1.82, 2.24) is 0 Å². The van der Waals surface area contributed by atoms with Gasteiger partial charge >= 0.3 is 0 Å². The second kappa shape index (κ2) is 3.18. The predicted molar refractivity (Wildman–Crippen MR) is 35.1 cm³/mol. The van der Waals surface area contributed by atoms with Crippen molar-refractivity contribution < 1.29 is 9.47 Å². The van der Waals surface area contributed by atoms with Gasteiger partial charge in [-0.3, -0.25) is 0 Å². The molecule has 0 N–H and O–H groups in total. The van der Waals surface area contributed by atoms with Crippen molar-refractivity contribution in [2.24, 2.45) is 5.92 Å². The summed E-state index contributed by atoms with van der Waals surface area (Å²) in [5, 5.41) is 0. The standard InChI is InChI=1S/C7H14O2/c1-3-6-4-5-9-7(6)8-2/h6-7H,3-5H2,1-2H3. The van der Waals surface area contributed by atoms with E-state index >= 15 is 0 Å². The molecule has 0 amide bonds. The summed E-state index contributed by atoms with van der Waals surface area (Å²) in [6.45, 7) is 3.04. The first-order valence-corrected chi connectivity index (χ1v) is 3.53. The van der Waals surface area contributed by atoms with Crippen LogP contribution in [0.15, 0.2) is 0 Å². The Balaban J connectivity index is 2.32. The molecule has 2 nitrogen and oxygen atoms in total. The van der Waals surface area contributed by atoms with Gasteiger partial charge in [0.2, 0.25) is 0 Å². The van der Waals surface area contributed by atoms with Crippen LogP contribution in [0.4, 0.5) is 0 Å². The number of rotatable bonds is 2. The van der Waals surface area contributed by atoms with Crippen LogP contribution >= 0.6 is 0 Å². The fraction of sp³-hybridized carbons (Fsp3) is 1.00. The fourth-order valence-electron chi connectivity index (χ4n) is 1.26. The molecule has 2 heteroatoms. The van der Waals surface area contributed by atoms with Gasteiger partial charge in [-0.1, -0.05) is 6.92 Å². The van der Waals surface area contributed by atoms with Gasteiger partial charge in [0.05, 0.1) is 6.61 Å². The first-order valence-electron chi connectivity index (χ1n) is 3.53. The Morgan fingerprint density at radius 1 is 1.67 bits per heavy atom. The summed E-state index contributed by atoms with van der Waals surface area (Å²) in [4.78, 5) is 0. The van der Waals surface area contributed by atoms with Crippen LogP contribution in [0.1, 0.15) is 19.8 Å². The van der Waals surface area contributed by atoms with Gasteiger partial charge in [0, 0.05) is 13.0 Å². The highest BCUT2D eigenvalue weighted by Crippen LogP contribution is 2.23. The first-order chi connectivity index (χ1) is 4.38. The monoisotopic (exact) mass is 130 g/mol. The third-order valence-corrected chi connectivity index (χ3v) is 1.91. The lowest BCUT2D eigenvalue weighted by Crippen LogP contribution is -2.16. The van der Waals surface area contributed by atoms with E-state index in [4.69, 9.17) is 9.47 Å². The van der Waals surface area contributed by atoms with Crippen LogP contribution in [0, 0.1) is 5.92 Å². The molecule has 1 aliphatic heterocycles. The predicted octanol–water partition coefficient (Wildman–Crippen LogP) is 1.41. The van der Waals surface area contributed by atoms with E-state index in [1.54, 1.807) is 7.11 Å². The zero-order valence-electron chi connectivity index (χ0n) is 6.09. The zero-order valence-corrected chi connectivity index (χ0v) is 6.09. The van der Waals surface area contributed by atoms with Gasteiger partial charge in [-0.15, -0.1) is 0 Å². The molecule has 1 saturated heterocycles. The van der Waals surface area contributed by atoms with Crippen molar-refractivity contribution in [3.05, 3.63) is 0 Å². The molecule has 0 radical (unpaired) electrons. The molecular formula is C7H14O2. The van der Waals surface area contributed by atoms with Crippen molar-refractivity contribution in [3.63, 3.8) is 0 Å². The van der Waals surface area contributed by atoms with Crippen LogP contribution < -0.4 is 0 Å². The van der Waals surface area contributed by atoms with E-state index in [2.05, 4.69) is 6.92 Å². The maximum absolute atomic E-state index is 5.28. The minimum atomic E-state index is 0.0787.